The topological polar surface area (TPSA) is 75.6 Å². The molecule has 2 N–H and O–H groups in total. The number of carbonyl (C=O) groups is 2. The van der Waals surface area contributed by atoms with Gasteiger partial charge in [-0.1, -0.05) is 78.6 Å². The minimum absolute atomic E-state index is 0.0266. The standard InChI is InChI=1S/C27H23NO4/c29-26(30)17-20-11-2-1-9-19(20)10-7-8-16-28-27(31)32-18-25-23-14-5-3-12-21(23)22-13-4-6-15-24(22)25/h1-6,9,11-15,25H,8,16-18H2,(H,28,31)(H,29,30). The van der Waals surface area contributed by atoms with E-state index in [9.17, 15) is 9.59 Å². The molecule has 1 amide bonds. The maximum atomic E-state index is 12.2. The van der Waals surface area contributed by atoms with Gasteiger partial charge in [-0.2, -0.15) is 0 Å². The summed E-state index contributed by atoms with van der Waals surface area (Å²) >= 11 is 0. The molecule has 0 aromatic heterocycles. The molecule has 0 fully saturated rings. The Morgan fingerprint density at radius 1 is 0.906 bits per heavy atom. The SMILES string of the molecule is O=C(O)Cc1ccccc1C#CCCNC(=O)OCC1c2ccccc2-c2ccccc21. The third-order valence-electron chi connectivity index (χ3n) is 5.45. The van der Waals surface area contributed by atoms with Crippen LogP contribution < -0.4 is 5.32 Å². The number of alkyl carbamates (subject to hydrolysis) is 1. The summed E-state index contributed by atoms with van der Waals surface area (Å²) in [5, 5.41) is 11.7. The van der Waals surface area contributed by atoms with Crippen molar-refractivity contribution in [1.29, 1.82) is 0 Å². The Kier molecular flexibility index (Phi) is 6.52. The van der Waals surface area contributed by atoms with Gasteiger partial charge in [-0.05, 0) is 33.9 Å². The van der Waals surface area contributed by atoms with Gasteiger partial charge in [0.05, 0.1) is 6.42 Å². The second kappa shape index (κ2) is 9.84. The van der Waals surface area contributed by atoms with Crippen molar-refractivity contribution in [1.82, 2.24) is 5.32 Å². The molecule has 1 aliphatic carbocycles. The van der Waals surface area contributed by atoms with E-state index in [1.54, 1.807) is 18.2 Å². The lowest BCUT2D eigenvalue weighted by atomic mass is 9.98. The zero-order chi connectivity index (χ0) is 22.3. The number of carboxylic acids is 1. The number of carboxylic acid groups (broad SMARTS) is 1. The van der Waals surface area contributed by atoms with Crippen LogP contribution >= 0.6 is 0 Å². The predicted molar refractivity (Wildman–Crippen MR) is 122 cm³/mol. The van der Waals surface area contributed by atoms with E-state index < -0.39 is 12.1 Å². The van der Waals surface area contributed by atoms with E-state index in [0.29, 0.717) is 24.1 Å². The summed E-state index contributed by atoms with van der Waals surface area (Å²) in [5.41, 5.74) is 6.10. The fourth-order valence-electron chi connectivity index (χ4n) is 3.99. The lowest BCUT2D eigenvalue weighted by molar-refractivity contribution is -0.136. The Bertz CT molecular complexity index is 1160. The van der Waals surface area contributed by atoms with Crippen LogP contribution in [0.2, 0.25) is 0 Å². The van der Waals surface area contributed by atoms with E-state index in [2.05, 4.69) is 41.4 Å². The molecule has 5 nitrogen and oxygen atoms in total. The average Bonchev–Trinajstić information content (AvgIpc) is 3.12. The van der Waals surface area contributed by atoms with Crippen molar-refractivity contribution in [2.75, 3.05) is 13.2 Å². The molecule has 0 heterocycles. The average molecular weight is 425 g/mol. The van der Waals surface area contributed by atoms with Gasteiger partial charge >= 0.3 is 12.1 Å². The predicted octanol–water partition coefficient (Wildman–Crippen LogP) is 4.59. The van der Waals surface area contributed by atoms with Crippen molar-refractivity contribution in [2.45, 2.75) is 18.8 Å². The first kappa shape index (κ1) is 21.2. The number of hydrogen-bond acceptors (Lipinski definition) is 3. The molecule has 0 saturated heterocycles. The molecule has 0 unspecified atom stereocenters. The highest BCUT2D eigenvalue weighted by molar-refractivity contribution is 5.79. The number of nitrogens with one attached hydrogen (secondary N) is 1. The highest BCUT2D eigenvalue weighted by Gasteiger charge is 2.28. The molecular formula is C27H23NO4. The third kappa shape index (κ3) is 4.81. The molecule has 0 radical (unpaired) electrons. The minimum atomic E-state index is -0.892. The van der Waals surface area contributed by atoms with Gasteiger partial charge in [0, 0.05) is 24.4 Å². The molecule has 32 heavy (non-hydrogen) atoms. The van der Waals surface area contributed by atoms with Crippen LogP contribution in [0.1, 0.15) is 34.6 Å². The largest absolute Gasteiger partial charge is 0.481 e. The summed E-state index contributed by atoms with van der Waals surface area (Å²) < 4.78 is 5.50. The fraction of sp³-hybridized carbons (Fsp3) is 0.185. The summed E-state index contributed by atoms with van der Waals surface area (Å²) in [6, 6.07) is 23.6. The quantitative estimate of drug-likeness (QED) is 0.447. The molecular weight excluding hydrogens is 402 g/mol. The van der Waals surface area contributed by atoms with Crippen LogP contribution in [0.25, 0.3) is 11.1 Å². The Morgan fingerprint density at radius 2 is 1.53 bits per heavy atom. The van der Waals surface area contributed by atoms with E-state index in [1.165, 1.54) is 22.3 Å². The number of hydrogen-bond donors (Lipinski definition) is 2. The number of fused-ring (bicyclic) bond motifs is 3. The first-order valence-corrected chi connectivity index (χ1v) is 10.5. The molecule has 5 heteroatoms. The summed E-state index contributed by atoms with van der Waals surface area (Å²) in [6.07, 6.45) is -0.103. The summed E-state index contributed by atoms with van der Waals surface area (Å²) in [5.74, 6) is 5.10. The molecule has 3 aromatic carbocycles. The monoisotopic (exact) mass is 425 g/mol. The van der Waals surface area contributed by atoms with Crippen LogP contribution in [0.4, 0.5) is 4.79 Å². The summed E-state index contributed by atoms with van der Waals surface area (Å²) in [4.78, 5) is 23.1. The van der Waals surface area contributed by atoms with E-state index >= 15 is 0 Å². The van der Waals surface area contributed by atoms with Crippen LogP contribution in [0.3, 0.4) is 0 Å². The summed E-state index contributed by atoms with van der Waals surface area (Å²) in [6.45, 7) is 0.624. The zero-order valence-corrected chi connectivity index (χ0v) is 17.5. The van der Waals surface area contributed by atoms with Gasteiger partial charge in [-0.3, -0.25) is 4.79 Å². The Labute approximate surface area is 187 Å². The maximum Gasteiger partial charge on any atom is 0.407 e. The lowest BCUT2D eigenvalue weighted by Crippen LogP contribution is -2.26. The first-order valence-electron chi connectivity index (χ1n) is 10.5. The molecule has 0 aliphatic heterocycles. The van der Waals surface area contributed by atoms with Crippen molar-refractivity contribution in [3.8, 4) is 23.0 Å². The minimum Gasteiger partial charge on any atom is -0.481 e. The van der Waals surface area contributed by atoms with Gasteiger partial charge in [0.1, 0.15) is 6.61 Å². The van der Waals surface area contributed by atoms with Crippen LogP contribution in [0.15, 0.2) is 72.8 Å². The summed E-state index contributed by atoms with van der Waals surface area (Å²) in [7, 11) is 0. The van der Waals surface area contributed by atoms with Crippen LogP contribution in [-0.4, -0.2) is 30.3 Å². The van der Waals surface area contributed by atoms with Crippen LogP contribution in [0, 0.1) is 11.8 Å². The van der Waals surface area contributed by atoms with Crippen molar-refractivity contribution < 1.29 is 19.4 Å². The van der Waals surface area contributed by atoms with Gasteiger partial charge in [0.15, 0.2) is 0 Å². The highest BCUT2D eigenvalue weighted by Crippen LogP contribution is 2.44. The van der Waals surface area contributed by atoms with Gasteiger partial charge in [-0.15, -0.1) is 0 Å². The molecule has 1 aliphatic rings. The van der Waals surface area contributed by atoms with E-state index in [0.717, 1.165) is 0 Å². The van der Waals surface area contributed by atoms with Crippen molar-refractivity contribution in [3.63, 3.8) is 0 Å². The van der Waals surface area contributed by atoms with Crippen LogP contribution in [-0.2, 0) is 16.0 Å². The normalized spacial score (nSPS) is 11.6. The molecule has 160 valence electrons. The van der Waals surface area contributed by atoms with Crippen molar-refractivity contribution in [3.05, 3.63) is 95.1 Å². The van der Waals surface area contributed by atoms with Gasteiger partial charge in [-0.25, -0.2) is 4.79 Å². The van der Waals surface area contributed by atoms with Crippen molar-refractivity contribution in [2.24, 2.45) is 0 Å². The fourth-order valence-corrected chi connectivity index (χ4v) is 3.99. The second-order valence-corrected chi connectivity index (χ2v) is 7.53. The molecule has 0 spiro atoms. The second-order valence-electron chi connectivity index (χ2n) is 7.53. The van der Waals surface area contributed by atoms with E-state index in [1.807, 2.05) is 30.3 Å². The molecule has 4 rings (SSSR count). The lowest BCUT2D eigenvalue weighted by Gasteiger charge is -2.14. The highest BCUT2D eigenvalue weighted by atomic mass is 16.5. The Hall–Kier alpha value is -4.04. The number of amides is 1. The van der Waals surface area contributed by atoms with Crippen molar-refractivity contribution >= 4 is 12.1 Å². The number of aliphatic carboxylic acids is 1. The molecule has 0 bridgehead atoms. The smallest absolute Gasteiger partial charge is 0.407 e. The first-order chi connectivity index (χ1) is 15.6. The Balaban J connectivity index is 1.29. The van der Waals surface area contributed by atoms with E-state index in [-0.39, 0.29) is 18.9 Å². The molecule has 3 aromatic rings. The van der Waals surface area contributed by atoms with Gasteiger partial charge in [0.2, 0.25) is 0 Å². The van der Waals surface area contributed by atoms with E-state index in [4.69, 9.17) is 9.84 Å². The number of rotatable bonds is 6. The molecule has 0 saturated carbocycles. The Morgan fingerprint density at radius 3 is 2.22 bits per heavy atom. The molecule has 0 atom stereocenters. The van der Waals surface area contributed by atoms with Gasteiger partial charge < -0.3 is 15.2 Å². The number of ether oxygens (including phenoxy) is 1. The van der Waals surface area contributed by atoms with Gasteiger partial charge in [0.25, 0.3) is 0 Å². The van der Waals surface area contributed by atoms with Crippen LogP contribution in [0.5, 0.6) is 0 Å². The number of benzene rings is 3. The maximum absolute atomic E-state index is 12.2. The third-order valence-corrected chi connectivity index (χ3v) is 5.45. The number of carbonyl (C=O) groups excluding carboxylic acids is 1. The zero-order valence-electron chi connectivity index (χ0n) is 17.5.